The Balaban J connectivity index is 1.52. The Morgan fingerprint density at radius 1 is 1.25 bits per heavy atom. The van der Waals surface area contributed by atoms with Crippen LogP contribution in [0.15, 0.2) is 36.4 Å². The van der Waals surface area contributed by atoms with Gasteiger partial charge in [-0.25, -0.2) is 0 Å². The van der Waals surface area contributed by atoms with E-state index in [4.69, 9.17) is 0 Å². The summed E-state index contributed by atoms with van der Waals surface area (Å²) in [6.45, 7) is 2.17. The molecule has 1 aromatic carbocycles. The van der Waals surface area contributed by atoms with Crippen LogP contribution in [0.3, 0.4) is 0 Å². The van der Waals surface area contributed by atoms with Crippen molar-refractivity contribution in [1.29, 1.82) is 0 Å². The number of nitrogens with one attached hydrogen (secondary N) is 1. The molecule has 0 aromatic heterocycles. The molecule has 2 aliphatic carbocycles. The third-order valence-electron chi connectivity index (χ3n) is 5.03. The van der Waals surface area contributed by atoms with E-state index in [9.17, 15) is 4.79 Å². The lowest BCUT2D eigenvalue weighted by Crippen LogP contribution is -2.39. The summed E-state index contributed by atoms with van der Waals surface area (Å²) in [4.78, 5) is 12.0. The van der Waals surface area contributed by atoms with E-state index < -0.39 is 0 Å². The maximum absolute atomic E-state index is 12.0. The molecule has 2 bridgehead atoms. The molecule has 2 nitrogen and oxygen atoms in total. The third kappa shape index (κ3) is 2.95. The Morgan fingerprint density at radius 2 is 2.05 bits per heavy atom. The molecular weight excluding hydrogens is 246 g/mol. The van der Waals surface area contributed by atoms with Gasteiger partial charge in [0.2, 0.25) is 5.91 Å². The molecule has 0 spiro atoms. The number of hydrogen-bond acceptors (Lipinski definition) is 1. The Kier molecular flexibility index (Phi) is 3.90. The molecule has 0 radical (unpaired) electrons. The summed E-state index contributed by atoms with van der Waals surface area (Å²) < 4.78 is 0. The number of fused-ring (bicyclic) bond motifs is 2. The van der Waals surface area contributed by atoms with Gasteiger partial charge in [0.05, 0.1) is 0 Å². The number of hydrogen-bond donors (Lipinski definition) is 1. The molecule has 0 unspecified atom stereocenters. The van der Waals surface area contributed by atoms with Gasteiger partial charge in [0, 0.05) is 12.1 Å². The Morgan fingerprint density at radius 3 is 2.70 bits per heavy atom. The number of carbonyl (C=O) groups is 1. The van der Waals surface area contributed by atoms with Crippen molar-refractivity contribution in [3.63, 3.8) is 0 Å². The summed E-state index contributed by atoms with van der Waals surface area (Å²) in [5, 5.41) is 3.15. The van der Waals surface area contributed by atoms with Crippen molar-refractivity contribution < 1.29 is 4.79 Å². The van der Waals surface area contributed by atoms with E-state index in [1.54, 1.807) is 6.08 Å². The fourth-order valence-corrected chi connectivity index (χ4v) is 4.02. The fraction of sp³-hybridized carbons (Fsp3) is 0.500. The second kappa shape index (κ2) is 5.82. The van der Waals surface area contributed by atoms with E-state index in [0.717, 1.165) is 17.4 Å². The first-order valence-electron chi connectivity index (χ1n) is 7.76. The number of amides is 1. The Bertz CT molecular complexity index is 493. The van der Waals surface area contributed by atoms with Gasteiger partial charge >= 0.3 is 0 Å². The predicted octanol–water partition coefficient (Wildman–Crippen LogP) is 3.64. The van der Waals surface area contributed by atoms with Crippen molar-refractivity contribution in [2.24, 2.45) is 17.8 Å². The van der Waals surface area contributed by atoms with Crippen LogP contribution in [-0.2, 0) is 4.79 Å². The van der Waals surface area contributed by atoms with Crippen LogP contribution >= 0.6 is 0 Å². The highest BCUT2D eigenvalue weighted by Gasteiger charge is 2.41. The van der Waals surface area contributed by atoms with E-state index in [2.05, 4.69) is 12.2 Å². The molecule has 2 fully saturated rings. The van der Waals surface area contributed by atoms with E-state index in [1.807, 2.05) is 36.4 Å². The molecule has 0 heterocycles. The average Bonchev–Trinajstić information content (AvgIpc) is 3.09. The van der Waals surface area contributed by atoms with Gasteiger partial charge in [-0.3, -0.25) is 4.79 Å². The summed E-state index contributed by atoms with van der Waals surface area (Å²) >= 11 is 0. The van der Waals surface area contributed by atoms with Crippen LogP contribution in [-0.4, -0.2) is 11.9 Å². The van der Waals surface area contributed by atoms with Crippen LogP contribution in [0.5, 0.6) is 0 Å². The van der Waals surface area contributed by atoms with Crippen molar-refractivity contribution >= 4 is 12.0 Å². The molecule has 2 heteroatoms. The molecule has 0 aliphatic heterocycles. The molecule has 2 aliphatic rings. The highest BCUT2D eigenvalue weighted by Crippen LogP contribution is 2.49. The minimum atomic E-state index is 0.0316. The summed E-state index contributed by atoms with van der Waals surface area (Å²) in [7, 11) is 0. The normalized spacial score (nSPS) is 29.8. The zero-order chi connectivity index (χ0) is 13.9. The number of carbonyl (C=O) groups excluding carboxylic acids is 1. The SMILES string of the molecule is C[C@@H](NC(=O)/C=C/c1ccccc1)[C@H]1C[C@@H]2CC[C@H]1C2. The first kappa shape index (κ1) is 13.4. The lowest BCUT2D eigenvalue weighted by Gasteiger charge is -2.28. The summed E-state index contributed by atoms with van der Waals surface area (Å²) in [5.74, 6) is 2.52. The maximum Gasteiger partial charge on any atom is 0.244 e. The van der Waals surface area contributed by atoms with Gasteiger partial charge < -0.3 is 5.32 Å². The lowest BCUT2D eigenvalue weighted by molar-refractivity contribution is -0.117. The van der Waals surface area contributed by atoms with Crippen LogP contribution in [0.2, 0.25) is 0 Å². The number of rotatable bonds is 4. The molecule has 4 atom stereocenters. The molecule has 1 aromatic rings. The van der Waals surface area contributed by atoms with Gasteiger partial charge in [-0.15, -0.1) is 0 Å². The van der Waals surface area contributed by atoms with Crippen molar-refractivity contribution in [3.8, 4) is 0 Å². The molecule has 3 rings (SSSR count). The van der Waals surface area contributed by atoms with Crippen molar-refractivity contribution in [2.75, 3.05) is 0 Å². The predicted molar refractivity (Wildman–Crippen MR) is 82.0 cm³/mol. The van der Waals surface area contributed by atoms with Crippen LogP contribution in [0.25, 0.3) is 6.08 Å². The van der Waals surface area contributed by atoms with Crippen molar-refractivity contribution in [3.05, 3.63) is 42.0 Å². The van der Waals surface area contributed by atoms with Gasteiger partial charge in [-0.2, -0.15) is 0 Å². The average molecular weight is 269 g/mol. The van der Waals surface area contributed by atoms with Crippen LogP contribution < -0.4 is 5.32 Å². The molecule has 1 N–H and O–H groups in total. The van der Waals surface area contributed by atoms with E-state index in [0.29, 0.717) is 12.0 Å². The summed E-state index contributed by atoms with van der Waals surface area (Å²) in [6, 6.07) is 10.3. The summed E-state index contributed by atoms with van der Waals surface area (Å²) in [5.41, 5.74) is 1.07. The standard InChI is InChI=1S/C18H23NO/c1-13(17-12-15-7-9-16(17)11-15)19-18(20)10-8-14-5-3-2-4-6-14/h2-6,8,10,13,15-17H,7,9,11-12H2,1H3,(H,19,20)/b10-8+/t13-,15-,16+,17-/m1/s1. The smallest absolute Gasteiger partial charge is 0.244 e. The first-order valence-corrected chi connectivity index (χ1v) is 7.76. The van der Waals surface area contributed by atoms with E-state index >= 15 is 0 Å². The molecule has 2 saturated carbocycles. The monoisotopic (exact) mass is 269 g/mol. The van der Waals surface area contributed by atoms with E-state index in [1.165, 1.54) is 25.7 Å². The minimum absolute atomic E-state index is 0.0316. The zero-order valence-electron chi connectivity index (χ0n) is 12.1. The molecule has 0 saturated heterocycles. The zero-order valence-corrected chi connectivity index (χ0v) is 12.1. The maximum atomic E-state index is 12.0. The van der Waals surface area contributed by atoms with Gasteiger partial charge in [-0.05, 0) is 55.6 Å². The first-order chi connectivity index (χ1) is 9.72. The summed E-state index contributed by atoms with van der Waals surface area (Å²) in [6.07, 6.45) is 9.02. The van der Waals surface area contributed by atoms with Crippen LogP contribution in [0.1, 0.15) is 38.2 Å². The topological polar surface area (TPSA) is 29.1 Å². The molecule has 106 valence electrons. The van der Waals surface area contributed by atoms with Crippen LogP contribution in [0, 0.1) is 17.8 Å². The fourth-order valence-electron chi connectivity index (χ4n) is 4.02. The number of benzene rings is 1. The highest BCUT2D eigenvalue weighted by atomic mass is 16.1. The quantitative estimate of drug-likeness (QED) is 0.831. The Hall–Kier alpha value is -1.57. The molecular formula is C18H23NO. The highest BCUT2D eigenvalue weighted by molar-refractivity contribution is 5.91. The van der Waals surface area contributed by atoms with Gasteiger partial charge in [0.15, 0.2) is 0 Å². The molecule has 1 amide bonds. The lowest BCUT2D eigenvalue weighted by atomic mass is 9.84. The minimum Gasteiger partial charge on any atom is -0.350 e. The van der Waals surface area contributed by atoms with E-state index in [-0.39, 0.29) is 5.91 Å². The van der Waals surface area contributed by atoms with Gasteiger partial charge in [0.25, 0.3) is 0 Å². The van der Waals surface area contributed by atoms with Crippen LogP contribution in [0.4, 0.5) is 0 Å². The van der Waals surface area contributed by atoms with Crippen molar-refractivity contribution in [2.45, 2.75) is 38.6 Å². The second-order valence-corrected chi connectivity index (χ2v) is 6.38. The Labute approximate surface area is 121 Å². The van der Waals surface area contributed by atoms with Gasteiger partial charge in [-0.1, -0.05) is 36.8 Å². The third-order valence-corrected chi connectivity index (χ3v) is 5.03. The second-order valence-electron chi connectivity index (χ2n) is 6.38. The largest absolute Gasteiger partial charge is 0.350 e. The van der Waals surface area contributed by atoms with Gasteiger partial charge in [0.1, 0.15) is 0 Å². The molecule has 20 heavy (non-hydrogen) atoms. The van der Waals surface area contributed by atoms with Crippen molar-refractivity contribution in [1.82, 2.24) is 5.32 Å².